The molecule has 0 atom stereocenters. The van der Waals surface area contributed by atoms with Crippen LogP contribution < -0.4 is 10.5 Å². The van der Waals surface area contributed by atoms with E-state index in [9.17, 15) is 9.59 Å². The van der Waals surface area contributed by atoms with Gasteiger partial charge in [-0.1, -0.05) is 24.3 Å². The van der Waals surface area contributed by atoms with Crippen molar-refractivity contribution in [3.63, 3.8) is 0 Å². The summed E-state index contributed by atoms with van der Waals surface area (Å²) < 4.78 is 6.33. The molecule has 132 valence electrons. The summed E-state index contributed by atoms with van der Waals surface area (Å²) in [5.41, 5.74) is 2.83. The molecule has 1 amide bonds. The Morgan fingerprint density at radius 2 is 1.96 bits per heavy atom. The zero-order valence-electron chi connectivity index (χ0n) is 14.4. The summed E-state index contributed by atoms with van der Waals surface area (Å²) in [6.07, 6.45) is 2.67. The van der Waals surface area contributed by atoms with Gasteiger partial charge in [0.1, 0.15) is 5.58 Å². The minimum atomic E-state index is -0.391. The van der Waals surface area contributed by atoms with Gasteiger partial charge in [-0.15, -0.1) is 6.58 Å². The maximum absolute atomic E-state index is 12.8. The fourth-order valence-electron chi connectivity index (χ4n) is 2.93. The molecule has 4 nitrogen and oxygen atoms in total. The predicted octanol–water partition coefficient (Wildman–Crippen LogP) is 4.33. The Kier molecular flexibility index (Phi) is 5.56. The highest BCUT2D eigenvalue weighted by atomic mass is 127. The molecule has 2 aromatic carbocycles. The lowest BCUT2D eigenvalue weighted by Crippen LogP contribution is -2.29. The van der Waals surface area contributed by atoms with Gasteiger partial charge in [0, 0.05) is 27.8 Å². The number of nitrogens with zero attached hydrogens (tertiary/aromatic N) is 1. The molecule has 3 aromatic rings. The van der Waals surface area contributed by atoms with Crippen molar-refractivity contribution in [2.45, 2.75) is 12.8 Å². The third-order valence-corrected chi connectivity index (χ3v) is 5.32. The third kappa shape index (κ3) is 3.72. The van der Waals surface area contributed by atoms with E-state index >= 15 is 0 Å². The van der Waals surface area contributed by atoms with Gasteiger partial charge in [-0.25, -0.2) is 4.79 Å². The Hall–Kier alpha value is -2.41. The van der Waals surface area contributed by atoms with Gasteiger partial charge in [0.2, 0.25) is 5.91 Å². The Labute approximate surface area is 165 Å². The van der Waals surface area contributed by atoms with Crippen molar-refractivity contribution >= 4 is 45.2 Å². The van der Waals surface area contributed by atoms with Crippen LogP contribution in [0, 0.1) is 3.57 Å². The minimum Gasteiger partial charge on any atom is -0.423 e. The first kappa shape index (κ1) is 18.4. The fraction of sp³-hybridized carbons (Fsp3) is 0.143. The Morgan fingerprint density at radius 1 is 1.19 bits per heavy atom. The number of anilines is 1. The van der Waals surface area contributed by atoms with E-state index in [-0.39, 0.29) is 5.91 Å². The van der Waals surface area contributed by atoms with E-state index in [1.54, 1.807) is 30.2 Å². The summed E-state index contributed by atoms with van der Waals surface area (Å²) in [5, 5.41) is 0.816. The number of likely N-dealkylation sites (N-methyl/N-ethyl adjacent to an activating group) is 1. The van der Waals surface area contributed by atoms with Crippen LogP contribution in [0.3, 0.4) is 0 Å². The van der Waals surface area contributed by atoms with Crippen molar-refractivity contribution in [1.29, 1.82) is 0 Å². The second-order valence-electron chi connectivity index (χ2n) is 5.94. The van der Waals surface area contributed by atoms with Crippen LogP contribution in [0.2, 0.25) is 0 Å². The van der Waals surface area contributed by atoms with Crippen LogP contribution in [0.4, 0.5) is 5.69 Å². The van der Waals surface area contributed by atoms with E-state index in [2.05, 4.69) is 29.2 Å². The van der Waals surface area contributed by atoms with Crippen LogP contribution in [0.15, 0.2) is 70.4 Å². The van der Waals surface area contributed by atoms with Gasteiger partial charge in [-0.3, -0.25) is 4.79 Å². The number of fused-ring (bicyclic) bond motifs is 1. The van der Waals surface area contributed by atoms with E-state index in [1.807, 2.05) is 30.3 Å². The highest BCUT2D eigenvalue weighted by Gasteiger charge is 2.18. The summed E-state index contributed by atoms with van der Waals surface area (Å²) in [5.74, 6) is -0.00355. The van der Waals surface area contributed by atoms with Gasteiger partial charge >= 0.3 is 5.63 Å². The van der Waals surface area contributed by atoms with E-state index < -0.39 is 5.63 Å². The average molecular weight is 459 g/mol. The molecule has 3 rings (SSSR count). The van der Waals surface area contributed by atoms with Crippen molar-refractivity contribution in [1.82, 2.24) is 0 Å². The number of rotatable bonds is 5. The van der Waals surface area contributed by atoms with Crippen LogP contribution in [-0.2, 0) is 17.6 Å². The summed E-state index contributed by atoms with van der Waals surface area (Å²) in [7, 11) is 1.77. The SMILES string of the molecule is C=CCc1c(N(C)C(=O)Cc2ccccc2I)ccc2oc(=O)ccc12. The molecule has 1 aromatic heterocycles. The molecule has 0 unspecified atom stereocenters. The number of carbonyl (C=O) groups excluding carboxylic acids is 1. The standard InChI is InChI=1S/C21H18INO3/c1-3-6-15-16-9-12-21(25)26-19(16)11-10-18(15)23(2)20(24)13-14-7-4-5-8-17(14)22/h3-5,7-12H,1,6,13H2,2H3. The highest BCUT2D eigenvalue weighted by Crippen LogP contribution is 2.29. The quantitative estimate of drug-likeness (QED) is 0.324. The molecule has 26 heavy (non-hydrogen) atoms. The molecular formula is C21H18INO3. The van der Waals surface area contributed by atoms with Crippen LogP contribution >= 0.6 is 22.6 Å². The number of benzene rings is 2. The maximum Gasteiger partial charge on any atom is 0.336 e. The average Bonchev–Trinajstić information content (AvgIpc) is 2.63. The number of halogens is 1. The monoisotopic (exact) mass is 459 g/mol. The van der Waals surface area contributed by atoms with Crippen molar-refractivity contribution in [2.24, 2.45) is 0 Å². The lowest BCUT2D eigenvalue weighted by Gasteiger charge is -2.22. The molecule has 0 N–H and O–H groups in total. The molecule has 0 saturated heterocycles. The number of amides is 1. The number of hydrogen-bond donors (Lipinski definition) is 0. The first-order valence-electron chi connectivity index (χ1n) is 8.18. The summed E-state index contributed by atoms with van der Waals surface area (Å²) >= 11 is 2.24. The van der Waals surface area contributed by atoms with E-state index in [4.69, 9.17) is 4.42 Å². The molecule has 0 aliphatic heterocycles. The Morgan fingerprint density at radius 3 is 2.69 bits per heavy atom. The molecule has 5 heteroatoms. The molecular weight excluding hydrogens is 441 g/mol. The van der Waals surface area contributed by atoms with Crippen molar-refractivity contribution in [3.05, 3.63) is 86.3 Å². The fourth-order valence-corrected chi connectivity index (χ4v) is 3.51. The molecule has 0 spiro atoms. The van der Waals surface area contributed by atoms with Crippen molar-refractivity contribution in [2.75, 3.05) is 11.9 Å². The van der Waals surface area contributed by atoms with Gasteiger partial charge in [0.25, 0.3) is 0 Å². The van der Waals surface area contributed by atoms with Gasteiger partial charge in [-0.05, 0) is 64.4 Å². The van der Waals surface area contributed by atoms with Crippen LogP contribution in [0.25, 0.3) is 11.0 Å². The zero-order valence-corrected chi connectivity index (χ0v) is 16.5. The normalized spacial score (nSPS) is 10.7. The van der Waals surface area contributed by atoms with Crippen LogP contribution in [-0.4, -0.2) is 13.0 Å². The van der Waals surface area contributed by atoms with Crippen molar-refractivity contribution in [3.8, 4) is 0 Å². The number of hydrogen-bond acceptors (Lipinski definition) is 3. The molecule has 1 heterocycles. The van der Waals surface area contributed by atoms with Crippen molar-refractivity contribution < 1.29 is 9.21 Å². The molecule has 0 saturated carbocycles. The molecule has 0 aliphatic carbocycles. The van der Waals surface area contributed by atoms with E-state index in [1.165, 1.54) is 6.07 Å². The lowest BCUT2D eigenvalue weighted by molar-refractivity contribution is -0.117. The van der Waals surface area contributed by atoms with Gasteiger partial charge in [0.05, 0.1) is 6.42 Å². The maximum atomic E-state index is 12.8. The molecule has 0 fully saturated rings. The summed E-state index contributed by atoms with van der Waals surface area (Å²) in [4.78, 5) is 26.0. The first-order valence-corrected chi connectivity index (χ1v) is 9.25. The van der Waals surface area contributed by atoms with E-state index in [0.29, 0.717) is 18.4 Å². The first-order chi connectivity index (χ1) is 12.5. The van der Waals surface area contributed by atoms with E-state index in [0.717, 1.165) is 25.8 Å². The summed E-state index contributed by atoms with van der Waals surface area (Å²) in [6.45, 7) is 3.81. The van der Waals surface area contributed by atoms with Gasteiger partial charge in [0.15, 0.2) is 0 Å². The topological polar surface area (TPSA) is 50.5 Å². The Balaban J connectivity index is 2.00. The predicted molar refractivity (Wildman–Crippen MR) is 113 cm³/mol. The summed E-state index contributed by atoms with van der Waals surface area (Å²) in [6, 6.07) is 14.5. The van der Waals surface area contributed by atoms with Gasteiger partial charge in [-0.2, -0.15) is 0 Å². The number of allylic oxidation sites excluding steroid dienone is 1. The highest BCUT2D eigenvalue weighted by molar-refractivity contribution is 14.1. The van der Waals surface area contributed by atoms with Crippen LogP contribution in [0.5, 0.6) is 0 Å². The molecule has 0 bridgehead atoms. The number of carbonyl (C=O) groups is 1. The molecule has 0 aliphatic rings. The largest absolute Gasteiger partial charge is 0.423 e. The zero-order chi connectivity index (χ0) is 18.7. The van der Waals surface area contributed by atoms with Crippen LogP contribution in [0.1, 0.15) is 11.1 Å². The minimum absolute atomic E-state index is 0.00355. The Bertz CT molecular complexity index is 1040. The second kappa shape index (κ2) is 7.86. The third-order valence-electron chi connectivity index (χ3n) is 4.27. The lowest BCUT2D eigenvalue weighted by atomic mass is 10.0. The van der Waals surface area contributed by atoms with Gasteiger partial charge < -0.3 is 9.32 Å². The molecule has 0 radical (unpaired) electrons. The smallest absolute Gasteiger partial charge is 0.336 e. The second-order valence-corrected chi connectivity index (χ2v) is 7.11.